The van der Waals surface area contributed by atoms with Gasteiger partial charge >= 0.3 is 0 Å². The summed E-state index contributed by atoms with van der Waals surface area (Å²) in [6.07, 6.45) is 0.207. The molecule has 45 heavy (non-hydrogen) atoms. The quantitative estimate of drug-likeness (QED) is 0.161. The molecule has 0 fully saturated rings. The van der Waals surface area contributed by atoms with Crippen LogP contribution in [0.3, 0.4) is 0 Å². The van der Waals surface area contributed by atoms with Crippen LogP contribution in [0.2, 0.25) is 15.1 Å². The van der Waals surface area contributed by atoms with Crippen LogP contribution < -0.4 is 9.62 Å². The third kappa shape index (κ3) is 9.47. The summed E-state index contributed by atoms with van der Waals surface area (Å²) in [7, 11) is -4.27. The molecule has 0 bridgehead atoms. The van der Waals surface area contributed by atoms with Crippen LogP contribution in [0.4, 0.5) is 5.69 Å². The first-order valence-electron chi connectivity index (χ1n) is 14.3. The van der Waals surface area contributed by atoms with Gasteiger partial charge in [-0.15, -0.1) is 0 Å². The highest BCUT2D eigenvalue weighted by Crippen LogP contribution is 2.30. The highest BCUT2D eigenvalue weighted by Gasteiger charge is 2.34. The molecule has 4 aromatic rings. The zero-order chi connectivity index (χ0) is 32.6. The maximum absolute atomic E-state index is 14.5. The van der Waals surface area contributed by atoms with Crippen molar-refractivity contribution in [3.8, 4) is 0 Å². The first-order chi connectivity index (χ1) is 21.4. The van der Waals surface area contributed by atoms with Crippen LogP contribution in [0.25, 0.3) is 0 Å². The normalized spacial score (nSPS) is 12.0. The number of carbonyl (C=O) groups excluding carboxylic acids is 2. The molecular formula is C34H34Cl3N3O4S. The maximum Gasteiger partial charge on any atom is 0.264 e. The van der Waals surface area contributed by atoms with E-state index >= 15 is 0 Å². The van der Waals surface area contributed by atoms with Gasteiger partial charge in [0.2, 0.25) is 11.8 Å². The molecular weight excluding hydrogens is 653 g/mol. The van der Waals surface area contributed by atoms with Gasteiger partial charge in [-0.05, 0) is 59.5 Å². The van der Waals surface area contributed by atoms with E-state index in [2.05, 4.69) is 5.32 Å². The number of hydrogen-bond donors (Lipinski definition) is 1. The lowest BCUT2D eigenvalue weighted by Gasteiger charge is -2.34. The third-order valence-electron chi connectivity index (χ3n) is 6.97. The van der Waals surface area contributed by atoms with Gasteiger partial charge in [0.1, 0.15) is 12.6 Å². The minimum atomic E-state index is -4.27. The molecule has 0 aromatic heterocycles. The Morgan fingerprint density at radius 1 is 0.756 bits per heavy atom. The molecule has 4 rings (SSSR count). The van der Waals surface area contributed by atoms with Gasteiger partial charge in [0, 0.05) is 34.6 Å². The maximum atomic E-state index is 14.5. The zero-order valence-electron chi connectivity index (χ0n) is 24.9. The molecule has 0 aliphatic rings. The molecule has 11 heteroatoms. The molecule has 0 aliphatic heterocycles. The summed E-state index contributed by atoms with van der Waals surface area (Å²) < 4.78 is 29.1. The number of benzene rings is 4. The molecule has 0 spiro atoms. The highest BCUT2D eigenvalue weighted by atomic mass is 35.5. The minimum Gasteiger partial charge on any atom is -0.354 e. The Morgan fingerprint density at radius 2 is 1.33 bits per heavy atom. The Bertz CT molecular complexity index is 1680. The van der Waals surface area contributed by atoms with Crippen LogP contribution in [0.1, 0.15) is 25.0 Å². The minimum absolute atomic E-state index is 0.0198. The van der Waals surface area contributed by atoms with Crippen LogP contribution >= 0.6 is 34.8 Å². The van der Waals surface area contributed by atoms with Crippen molar-refractivity contribution in [2.24, 2.45) is 5.92 Å². The number of nitrogens with one attached hydrogen (secondary N) is 1. The molecule has 0 unspecified atom stereocenters. The molecule has 0 saturated heterocycles. The first-order valence-corrected chi connectivity index (χ1v) is 16.9. The van der Waals surface area contributed by atoms with Crippen molar-refractivity contribution in [1.82, 2.24) is 10.2 Å². The highest BCUT2D eigenvalue weighted by molar-refractivity contribution is 7.92. The number of halogens is 3. The summed E-state index contributed by atoms with van der Waals surface area (Å²) in [6, 6.07) is 27.5. The monoisotopic (exact) mass is 685 g/mol. The molecule has 7 nitrogen and oxygen atoms in total. The van der Waals surface area contributed by atoms with E-state index in [1.165, 1.54) is 35.2 Å². The van der Waals surface area contributed by atoms with Crippen molar-refractivity contribution in [2.75, 3.05) is 17.4 Å². The third-order valence-corrected chi connectivity index (χ3v) is 9.44. The van der Waals surface area contributed by atoms with Crippen molar-refractivity contribution in [1.29, 1.82) is 0 Å². The largest absolute Gasteiger partial charge is 0.354 e. The Hall–Kier alpha value is -3.56. The fourth-order valence-electron chi connectivity index (χ4n) is 4.69. The number of nitrogens with zero attached hydrogens (tertiary/aromatic N) is 2. The first kappa shape index (κ1) is 34.3. The van der Waals surface area contributed by atoms with E-state index in [9.17, 15) is 18.0 Å². The van der Waals surface area contributed by atoms with E-state index in [1.807, 2.05) is 44.2 Å². The Morgan fingerprint density at radius 3 is 1.91 bits per heavy atom. The summed E-state index contributed by atoms with van der Waals surface area (Å²) >= 11 is 18.7. The molecule has 236 valence electrons. The lowest BCUT2D eigenvalue weighted by atomic mass is 10.0. The van der Waals surface area contributed by atoms with Crippen LogP contribution in [0, 0.1) is 5.92 Å². The average molecular weight is 687 g/mol. The number of rotatable bonds is 13. The van der Waals surface area contributed by atoms with Crippen molar-refractivity contribution in [3.05, 3.63) is 129 Å². The lowest BCUT2D eigenvalue weighted by Crippen LogP contribution is -2.53. The van der Waals surface area contributed by atoms with Crippen molar-refractivity contribution < 1.29 is 18.0 Å². The smallest absolute Gasteiger partial charge is 0.264 e. The van der Waals surface area contributed by atoms with Gasteiger partial charge in [0.15, 0.2) is 0 Å². The lowest BCUT2D eigenvalue weighted by molar-refractivity contribution is -0.140. The van der Waals surface area contributed by atoms with Gasteiger partial charge in [-0.1, -0.05) is 109 Å². The number of carbonyl (C=O) groups is 2. The summed E-state index contributed by atoms with van der Waals surface area (Å²) in [4.78, 5) is 29.7. The van der Waals surface area contributed by atoms with E-state index in [0.717, 1.165) is 9.87 Å². The fraction of sp³-hybridized carbons (Fsp3) is 0.235. The predicted octanol–water partition coefficient (Wildman–Crippen LogP) is 7.25. The predicted molar refractivity (Wildman–Crippen MR) is 181 cm³/mol. The van der Waals surface area contributed by atoms with Crippen molar-refractivity contribution in [3.63, 3.8) is 0 Å². The summed E-state index contributed by atoms with van der Waals surface area (Å²) in [5, 5.41) is 3.89. The fourth-order valence-corrected chi connectivity index (χ4v) is 6.75. The molecule has 0 radical (unpaired) electrons. The van der Waals surface area contributed by atoms with Gasteiger partial charge in [-0.2, -0.15) is 0 Å². The van der Waals surface area contributed by atoms with Crippen LogP contribution in [0.15, 0.2) is 108 Å². The second-order valence-electron chi connectivity index (χ2n) is 10.9. The van der Waals surface area contributed by atoms with Crippen molar-refractivity contribution in [2.45, 2.75) is 37.8 Å². The summed E-state index contributed by atoms with van der Waals surface area (Å²) in [6.45, 7) is 3.77. The number of sulfonamides is 1. The van der Waals surface area contributed by atoms with E-state index in [-0.39, 0.29) is 45.4 Å². The van der Waals surface area contributed by atoms with Gasteiger partial charge < -0.3 is 10.2 Å². The van der Waals surface area contributed by atoms with Gasteiger partial charge in [-0.3, -0.25) is 13.9 Å². The number of hydrogen-bond acceptors (Lipinski definition) is 4. The molecule has 4 aromatic carbocycles. The molecule has 1 atom stereocenters. The molecule has 0 aliphatic carbocycles. The summed E-state index contributed by atoms with van der Waals surface area (Å²) in [5.41, 5.74) is 1.66. The number of amides is 2. The summed E-state index contributed by atoms with van der Waals surface area (Å²) in [5.74, 6) is -0.773. The van der Waals surface area contributed by atoms with E-state index in [0.29, 0.717) is 17.1 Å². The second-order valence-corrected chi connectivity index (χ2v) is 14.1. The van der Waals surface area contributed by atoms with Crippen LogP contribution in [-0.2, 0) is 32.6 Å². The van der Waals surface area contributed by atoms with Gasteiger partial charge in [0.25, 0.3) is 10.0 Å². The van der Waals surface area contributed by atoms with E-state index < -0.39 is 28.5 Å². The topological polar surface area (TPSA) is 86.8 Å². The number of anilines is 1. The SMILES string of the molecule is CC(C)CNC(=O)[C@H](Cc1ccccc1)N(Cc1ccc(Cl)cc1)C(=O)CN(c1cc(Cl)cc(Cl)c1)S(=O)(=O)c1ccccc1. The zero-order valence-corrected chi connectivity index (χ0v) is 28.0. The van der Waals surface area contributed by atoms with Gasteiger partial charge in [0.05, 0.1) is 10.6 Å². The Kier molecular flexibility index (Phi) is 11.9. The van der Waals surface area contributed by atoms with E-state index in [4.69, 9.17) is 34.8 Å². The van der Waals surface area contributed by atoms with Crippen molar-refractivity contribution >= 4 is 62.3 Å². The van der Waals surface area contributed by atoms with Crippen LogP contribution in [-0.4, -0.2) is 44.3 Å². The standard InChI is InChI=1S/C34H34Cl3N3O4S/c1-24(2)21-38-34(42)32(17-25-9-5-3-6-10-25)39(22-26-13-15-27(35)16-14-26)33(41)23-40(30-19-28(36)18-29(37)20-30)45(43,44)31-11-7-4-8-12-31/h3-16,18-20,24,32H,17,21-23H2,1-2H3,(H,38,42)/t32-/m0/s1. The van der Waals surface area contributed by atoms with E-state index in [1.54, 1.807) is 42.5 Å². The second kappa shape index (κ2) is 15.6. The Labute approximate surface area is 279 Å². The molecule has 0 saturated carbocycles. The molecule has 0 heterocycles. The molecule has 1 N–H and O–H groups in total. The molecule has 2 amide bonds. The Balaban J connectivity index is 1.81. The average Bonchev–Trinajstić information content (AvgIpc) is 3.01. The van der Waals surface area contributed by atoms with Crippen LogP contribution in [0.5, 0.6) is 0 Å². The van der Waals surface area contributed by atoms with Gasteiger partial charge in [-0.25, -0.2) is 8.42 Å².